The van der Waals surface area contributed by atoms with Crippen molar-refractivity contribution in [1.29, 1.82) is 0 Å². The quantitative estimate of drug-likeness (QED) is 0.672. The minimum absolute atomic E-state index is 0.657. The molecule has 3 rings (SSSR count). The summed E-state index contributed by atoms with van der Waals surface area (Å²) in [6.45, 7) is 2.28. The maximum atomic E-state index is 5.66. The lowest BCUT2D eigenvalue weighted by molar-refractivity contribution is 0.313. The lowest BCUT2D eigenvalue weighted by atomic mass is 10.1. The number of rotatable bonds is 7. The number of nitrogens with zero attached hydrogens (tertiary/aromatic N) is 1. The zero-order chi connectivity index (χ0) is 15.7. The van der Waals surface area contributed by atoms with Crippen LogP contribution >= 0.6 is 0 Å². The van der Waals surface area contributed by atoms with Crippen LogP contribution < -0.4 is 10.1 Å². The van der Waals surface area contributed by atoms with Gasteiger partial charge in [0.25, 0.3) is 0 Å². The van der Waals surface area contributed by atoms with E-state index in [1.807, 2.05) is 54.7 Å². The van der Waals surface area contributed by atoms with Gasteiger partial charge in [0.15, 0.2) is 0 Å². The van der Waals surface area contributed by atoms with Crippen LogP contribution in [0.5, 0.6) is 5.75 Å². The maximum absolute atomic E-state index is 5.66. The number of hydrogen-bond acceptors (Lipinski definition) is 3. The molecule has 3 heteroatoms. The Morgan fingerprint density at radius 2 is 1.74 bits per heavy atom. The zero-order valence-electron chi connectivity index (χ0n) is 13.0. The molecule has 3 nitrogen and oxygen atoms in total. The molecule has 3 aromatic rings. The first-order chi connectivity index (χ1) is 11.4. The molecule has 2 aromatic carbocycles. The SMILES string of the molecule is c1ccc(OCCNCc2cccc(-c3ccccn3)c2)cc1. The summed E-state index contributed by atoms with van der Waals surface area (Å²) in [6, 6.07) is 24.3. The van der Waals surface area contributed by atoms with Gasteiger partial charge >= 0.3 is 0 Å². The molecule has 1 aromatic heterocycles. The van der Waals surface area contributed by atoms with Crippen LogP contribution in [0.2, 0.25) is 0 Å². The molecule has 0 saturated heterocycles. The highest BCUT2D eigenvalue weighted by atomic mass is 16.5. The van der Waals surface area contributed by atoms with E-state index in [0.717, 1.165) is 30.1 Å². The van der Waals surface area contributed by atoms with Crippen LogP contribution in [0.3, 0.4) is 0 Å². The van der Waals surface area contributed by atoms with Gasteiger partial charge < -0.3 is 10.1 Å². The van der Waals surface area contributed by atoms with E-state index < -0.39 is 0 Å². The fourth-order valence-electron chi connectivity index (χ4n) is 2.36. The Bertz CT molecular complexity index is 714. The Morgan fingerprint density at radius 3 is 2.57 bits per heavy atom. The first kappa shape index (κ1) is 15.3. The Morgan fingerprint density at radius 1 is 0.870 bits per heavy atom. The summed E-state index contributed by atoms with van der Waals surface area (Å²) in [5.74, 6) is 0.909. The molecule has 0 spiro atoms. The van der Waals surface area contributed by atoms with Gasteiger partial charge in [-0.15, -0.1) is 0 Å². The third kappa shape index (κ3) is 4.66. The maximum Gasteiger partial charge on any atom is 0.119 e. The number of pyridine rings is 1. The van der Waals surface area contributed by atoms with Gasteiger partial charge in [-0.05, 0) is 35.9 Å². The van der Waals surface area contributed by atoms with Gasteiger partial charge in [-0.1, -0.05) is 42.5 Å². The monoisotopic (exact) mass is 304 g/mol. The standard InChI is InChI=1S/C20H20N2O/c1-2-9-19(10-3-1)23-14-13-21-16-17-7-6-8-18(15-17)20-11-4-5-12-22-20/h1-12,15,21H,13-14,16H2. The van der Waals surface area contributed by atoms with Crippen molar-refractivity contribution in [2.24, 2.45) is 0 Å². The summed E-state index contributed by atoms with van der Waals surface area (Å²) in [5.41, 5.74) is 3.39. The number of benzene rings is 2. The molecule has 0 saturated carbocycles. The van der Waals surface area contributed by atoms with E-state index in [9.17, 15) is 0 Å². The van der Waals surface area contributed by atoms with E-state index in [4.69, 9.17) is 4.74 Å². The van der Waals surface area contributed by atoms with Crippen molar-refractivity contribution in [3.05, 3.63) is 84.6 Å². The minimum Gasteiger partial charge on any atom is -0.492 e. The Kier molecular flexibility index (Phi) is 5.38. The zero-order valence-corrected chi connectivity index (χ0v) is 13.0. The second kappa shape index (κ2) is 8.11. The van der Waals surface area contributed by atoms with E-state index >= 15 is 0 Å². The molecule has 0 atom stereocenters. The third-order valence-corrected chi connectivity index (χ3v) is 3.51. The molecule has 1 heterocycles. The molecule has 23 heavy (non-hydrogen) atoms. The smallest absolute Gasteiger partial charge is 0.119 e. The number of nitrogens with one attached hydrogen (secondary N) is 1. The van der Waals surface area contributed by atoms with Crippen LogP contribution in [0.1, 0.15) is 5.56 Å². The van der Waals surface area contributed by atoms with E-state index in [1.165, 1.54) is 5.56 Å². The minimum atomic E-state index is 0.657. The molecule has 0 aliphatic heterocycles. The summed E-state index contributed by atoms with van der Waals surface area (Å²) < 4.78 is 5.66. The van der Waals surface area contributed by atoms with E-state index in [0.29, 0.717) is 6.61 Å². The molecule has 0 unspecified atom stereocenters. The number of hydrogen-bond donors (Lipinski definition) is 1. The first-order valence-electron chi connectivity index (χ1n) is 7.81. The summed E-state index contributed by atoms with van der Waals surface area (Å²) in [5, 5.41) is 3.41. The van der Waals surface area contributed by atoms with Gasteiger partial charge in [0.2, 0.25) is 0 Å². The lowest BCUT2D eigenvalue weighted by Gasteiger charge is -2.08. The molecule has 0 aliphatic rings. The van der Waals surface area contributed by atoms with Gasteiger partial charge in [0, 0.05) is 24.8 Å². The van der Waals surface area contributed by atoms with Crippen LogP contribution in [0, 0.1) is 0 Å². The number of ether oxygens (including phenoxy) is 1. The number of para-hydroxylation sites is 1. The molecule has 0 amide bonds. The van der Waals surface area contributed by atoms with Gasteiger partial charge in [-0.2, -0.15) is 0 Å². The van der Waals surface area contributed by atoms with Crippen LogP contribution in [-0.2, 0) is 6.54 Å². The fourth-order valence-corrected chi connectivity index (χ4v) is 2.36. The highest BCUT2D eigenvalue weighted by Gasteiger charge is 2.00. The molecule has 1 N–H and O–H groups in total. The first-order valence-corrected chi connectivity index (χ1v) is 7.81. The fraction of sp³-hybridized carbons (Fsp3) is 0.150. The molecule has 0 aliphatic carbocycles. The second-order valence-corrected chi connectivity index (χ2v) is 5.25. The predicted molar refractivity (Wildman–Crippen MR) is 93.3 cm³/mol. The predicted octanol–water partition coefficient (Wildman–Crippen LogP) is 3.92. The van der Waals surface area contributed by atoms with Gasteiger partial charge in [-0.3, -0.25) is 4.98 Å². The van der Waals surface area contributed by atoms with Crippen LogP contribution in [0.15, 0.2) is 79.0 Å². The highest BCUT2D eigenvalue weighted by Crippen LogP contribution is 2.17. The van der Waals surface area contributed by atoms with Crippen molar-refractivity contribution in [3.63, 3.8) is 0 Å². The second-order valence-electron chi connectivity index (χ2n) is 5.25. The topological polar surface area (TPSA) is 34.1 Å². The van der Waals surface area contributed by atoms with Gasteiger partial charge in [0.05, 0.1) is 5.69 Å². The molecule has 116 valence electrons. The normalized spacial score (nSPS) is 10.4. The Labute approximate surface area is 137 Å². The third-order valence-electron chi connectivity index (χ3n) is 3.51. The Hall–Kier alpha value is -2.65. The van der Waals surface area contributed by atoms with E-state index in [2.05, 4.69) is 34.6 Å². The highest BCUT2D eigenvalue weighted by molar-refractivity contribution is 5.59. The van der Waals surface area contributed by atoms with Gasteiger partial charge in [-0.25, -0.2) is 0 Å². The summed E-state index contributed by atoms with van der Waals surface area (Å²) in [4.78, 5) is 4.39. The molecular formula is C20H20N2O. The summed E-state index contributed by atoms with van der Waals surface area (Å²) >= 11 is 0. The van der Waals surface area contributed by atoms with Crippen molar-refractivity contribution >= 4 is 0 Å². The van der Waals surface area contributed by atoms with Crippen molar-refractivity contribution in [1.82, 2.24) is 10.3 Å². The number of aromatic nitrogens is 1. The Balaban J connectivity index is 1.47. The van der Waals surface area contributed by atoms with Crippen molar-refractivity contribution in [2.45, 2.75) is 6.54 Å². The average Bonchev–Trinajstić information content (AvgIpc) is 2.63. The lowest BCUT2D eigenvalue weighted by Crippen LogP contribution is -2.20. The largest absolute Gasteiger partial charge is 0.492 e. The van der Waals surface area contributed by atoms with Crippen molar-refractivity contribution in [2.75, 3.05) is 13.2 Å². The van der Waals surface area contributed by atoms with Crippen LogP contribution in [0.25, 0.3) is 11.3 Å². The van der Waals surface area contributed by atoms with E-state index in [1.54, 1.807) is 0 Å². The van der Waals surface area contributed by atoms with Gasteiger partial charge in [0.1, 0.15) is 12.4 Å². The average molecular weight is 304 g/mol. The summed E-state index contributed by atoms with van der Waals surface area (Å²) in [6.07, 6.45) is 1.82. The van der Waals surface area contributed by atoms with Crippen LogP contribution in [0.4, 0.5) is 0 Å². The van der Waals surface area contributed by atoms with Crippen LogP contribution in [-0.4, -0.2) is 18.1 Å². The molecule has 0 radical (unpaired) electrons. The molecule has 0 fully saturated rings. The molecular weight excluding hydrogens is 284 g/mol. The van der Waals surface area contributed by atoms with E-state index in [-0.39, 0.29) is 0 Å². The van der Waals surface area contributed by atoms with Crippen molar-refractivity contribution in [3.8, 4) is 17.0 Å². The summed E-state index contributed by atoms with van der Waals surface area (Å²) in [7, 11) is 0. The molecule has 0 bridgehead atoms. The van der Waals surface area contributed by atoms with Crippen molar-refractivity contribution < 1.29 is 4.74 Å².